The highest BCUT2D eigenvalue weighted by atomic mass is 19.1. The molecule has 2 heterocycles. The van der Waals surface area contributed by atoms with Crippen LogP contribution in [0.2, 0.25) is 0 Å². The summed E-state index contributed by atoms with van der Waals surface area (Å²) in [6.45, 7) is 0. The Labute approximate surface area is 94.7 Å². The lowest BCUT2D eigenvalue weighted by atomic mass is 10.2. The van der Waals surface area contributed by atoms with E-state index < -0.39 is 5.82 Å². The molecule has 0 aliphatic rings. The monoisotopic (exact) mass is 230 g/mol. The van der Waals surface area contributed by atoms with Crippen molar-refractivity contribution >= 4 is 11.0 Å². The molecule has 0 aliphatic heterocycles. The van der Waals surface area contributed by atoms with Gasteiger partial charge in [0.25, 0.3) is 5.56 Å². The first-order chi connectivity index (χ1) is 8.24. The average Bonchev–Trinajstić information content (AvgIpc) is 2.74. The van der Waals surface area contributed by atoms with Gasteiger partial charge in [-0.15, -0.1) is 0 Å². The van der Waals surface area contributed by atoms with Gasteiger partial charge in [-0.2, -0.15) is 5.10 Å². The number of fused-ring (bicyclic) bond motifs is 1. The number of hydrogen-bond donors (Lipinski definition) is 1. The molecule has 3 rings (SSSR count). The summed E-state index contributed by atoms with van der Waals surface area (Å²) in [5.74, 6) is -0.00440. The molecule has 4 nitrogen and oxygen atoms in total. The number of aromatic amines is 1. The summed E-state index contributed by atoms with van der Waals surface area (Å²) >= 11 is 0. The second-order valence-corrected chi connectivity index (χ2v) is 3.60. The van der Waals surface area contributed by atoms with Crippen LogP contribution in [0.15, 0.2) is 45.7 Å². The van der Waals surface area contributed by atoms with E-state index >= 15 is 0 Å². The number of H-pyrrole nitrogens is 1. The second kappa shape index (κ2) is 3.55. The minimum atomic E-state index is -0.424. The van der Waals surface area contributed by atoms with Crippen molar-refractivity contribution < 1.29 is 8.81 Å². The summed E-state index contributed by atoms with van der Waals surface area (Å²) in [5.41, 5.74) is 0.371. The summed E-state index contributed by atoms with van der Waals surface area (Å²) < 4.78 is 18.8. The highest BCUT2D eigenvalue weighted by molar-refractivity contribution is 5.82. The number of nitrogens with zero attached hydrogens (tertiary/aromatic N) is 1. The molecule has 2 aromatic heterocycles. The van der Waals surface area contributed by atoms with Crippen LogP contribution in [-0.2, 0) is 0 Å². The molecule has 0 radical (unpaired) electrons. The normalized spacial score (nSPS) is 10.9. The molecule has 1 aromatic carbocycles. The van der Waals surface area contributed by atoms with Gasteiger partial charge in [-0.3, -0.25) is 4.79 Å². The maximum absolute atomic E-state index is 13.4. The topological polar surface area (TPSA) is 58.9 Å². The number of aromatic nitrogens is 2. The molecule has 0 saturated heterocycles. The molecule has 17 heavy (non-hydrogen) atoms. The number of furan rings is 1. The number of para-hydroxylation sites is 1. The number of hydrogen-bond acceptors (Lipinski definition) is 3. The van der Waals surface area contributed by atoms with Gasteiger partial charge in [0.15, 0.2) is 11.4 Å². The Morgan fingerprint density at radius 1 is 1.29 bits per heavy atom. The fourth-order valence-electron chi connectivity index (χ4n) is 1.68. The quantitative estimate of drug-likeness (QED) is 0.697. The third-order valence-corrected chi connectivity index (χ3v) is 2.45. The molecule has 0 fully saturated rings. The largest absolute Gasteiger partial charge is 0.453 e. The van der Waals surface area contributed by atoms with E-state index in [1.807, 2.05) is 0 Å². The molecule has 0 saturated carbocycles. The zero-order valence-electron chi connectivity index (χ0n) is 8.61. The zero-order valence-corrected chi connectivity index (χ0v) is 8.61. The summed E-state index contributed by atoms with van der Waals surface area (Å²) in [5, 5.41) is 6.58. The van der Waals surface area contributed by atoms with Gasteiger partial charge in [0.2, 0.25) is 0 Å². The Bertz CT molecular complexity index is 745. The Hall–Kier alpha value is -2.43. The predicted octanol–water partition coefficient (Wildman–Crippen LogP) is 2.32. The zero-order chi connectivity index (χ0) is 11.8. The van der Waals surface area contributed by atoms with Crippen LogP contribution in [0.25, 0.3) is 22.3 Å². The number of rotatable bonds is 1. The van der Waals surface area contributed by atoms with Gasteiger partial charge in [0, 0.05) is 17.0 Å². The first-order valence-corrected chi connectivity index (χ1v) is 4.97. The third kappa shape index (κ3) is 1.61. The molecule has 0 spiro atoms. The molecule has 0 atom stereocenters. The maximum Gasteiger partial charge on any atom is 0.264 e. The summed E-state index contributed by atoms with van der Waals surface area (Å²) in [6.07, 6.45) is 1.46. The molecule has 0 aliphatic carbocycles. The van der Waals surface area contributed by atoms with Crippen LogP contribution < -0.4 is 5.56 Å². The molecule has 3 aromatic rings. The maximum atomic E-state index is 13.4. The van der Waals surface area contributed by atoms with Crippen LogP contribution in [0.3, 0.4) is 0 Å². The van der Waals surface area contributed by atoms with Crippen LogP contribution in [0, 0.1) is 5.82 Å². The minimum absolute atomic E-state index is 0.183. The first kappa shape index (κ1) is 9.77. The standard InChI is InChI=1S/C12H7FN2O2/c13-9-3-1-2-7-4-10(17-12(7)9)8-5-11(16)15-14-6-8/h1-6H,(H,15,16). The van der Waals surface area contributed by atoms with E-state index in [-0.39, 0.29) is 11.1 Å². The van der Waals surface area contributed by atoms with Crippen LogP contribution in [0.4, 0.5) is 4.39 Å². The summed E-state index contributed by atoms with van der Waals surface area (Å²) in [4.78, 5) is 11.1. The molecule has 5 heteroatoms. The molecule has 84 valence electrons. The van der Waals surface area contributed by atoms with Crippen molar-refractivity contribution in [3.63, 3.8) is 0 Å². The number of halogens is 1. The van der Waals surface area contributed by atoms with Crippen molar-refractivity contribution in [3.05, 3.63) is 52.7 Å². The molecule has 1 N–H and O–H groups in total. The van der Waals surface area contributed by atoms with Gasteiger partial charge in [0.1, 0.15) is 5.76 Å². The van der Waals surface area contributed by atoms with Crippen molar-refractivity contribution in [1.29, 1.82) is 0 Å². The van der Waals surface area contributed by atoms with Crippen molar-refractivity contribution in [2.45, 2.75) is 0 Å². The lowest BCUT2D eigenvalue weighted by molar-refractivity contribution is 0.568. The van der Waals surface area contributed by atoms with E-state index in [9.17, 15) is 9.18 Å². The second-order valence-electron chi connectivity index (χ2n) is 3.60. The summed E-state index contributed by atoms with van der Waals surface area (Å²) in [6, 6.07) is 7.70. The van der Waals surface area contributed by atoms with Gasteiger partial charge in [0.05, 0.1) is 6.20 Å². The van der Waals surface area contributed by atoms with E-state index in [1.54, 1.807) is 18.2 Å². The SMILES string of the molecule is O=c1cc(-c2cc3cccc(F)c3o2)cn[nH]1. The van der Waals surface area contributed by atoms with E-state index in [1.165, 1.54) is 18.3 Å². The number of nitrogens with one attached hydrogen (secondary N) is 1. The molecular weight excluding hydrogens is 223 g/mol. The van der Waals surface area contributed by atoms with E-state index in [4.69, 9.17) is 4.42 Å². The van der Waals surface area contributed by atoms with E-state index in [0.29, 0.717) is 16.7 Å². The fourth-order valence-corrected chi connectivity index (χ4v) is 1.68. The molecule has 0 amide bonds. The molecule has 0 unspecified atom stereocenters. The van der Waals surface area contributed by atoms with Crippen molar-refractivity contribution in [2.75, 3.05) is 0 Å². The lowest BCUT2D eigenvalue weighted by Gasteiger charge is -1.92. The van der Waals surface area contributed by atoms with Gasteiger partial charge < -0.3 is 4.42 Å². The molecular formula is C12H7FN2O2. The van der Waals surface area contributed by atoms with Crippen molar-refractivity contribution in [3.8, 4) is 11.3 Å². The third-order valence-electron chi connectivity index (χ3n) is 2.45. The highest BCUT2D eigenvalue weighted by Gasteiger charge is 2.09. The Kier molecular flexibility index (Phi) is 2.04. The van der Waals surface area contributed by atoms with Crippen LogP contribution in [0.5, 0.6) is 0 Å². The van der Waals surface area contributed by atoms with Crippen LogP contribution in [0.1, 0.15) is 0 Å². The van der Waals surface area contributed by atoms with Gasteiger partial charge in [-0.25, -0.2) is 9.49 Å². The lowest BCUT2D eigenvalue weighted by Crippen LogP contribution is -2.05. The van der Waals surface area contributed by atoms with Gasteiger partial charge in [-0.05, 0) is 12.1 Å². The van der Waals surface area contributed by atoms with Crippen LogP contribution in [-0.4, -0.2) is 10.2 Å². The smallest absolute Gasteiger partial charge is 0.264 e. The number of benzene rings is 1. The van der Waals surface area contributed by atoms with E-state index in [2.05, 4.69) is 10.2 Å². The van der Waals surface area contributed by atoms with Crippen molar-refractivity contribution in [1.82, 2.24) is 10.2 Å². The Balaban J connectivity index is 2.25. The minimum Gasteiger partial charge on any atom is -0.453 e. The summed E-state index contributed by atoms with van der Waals surface area (Å²) in [7, 11) is 0. The van der Waals surface area contributed by atoms with Crippen LogP contribution >= 0.6 is 0 Å². The van der Waals surface area contributed by atoms with Crippen molar-refractivity contribution in [2.24, 2.45) is 0 Å². The van der Waals surface area contributed by atoms with Gasteiger partial charge >= 0.3 is 0 Å². The van der Waals surface area contributed by atoms with E-state index in [0.717, 1.165) is 0 Å². The average molecular weight is 230 g/mol. The van der Waals surface area contributed by atoms with Gasteiger partial charge in [-0.1, -0.05) is 12.1 Å². The first-order valence-electron chi connectivity index (χ1n) is 4.97. The predicted molar refractivity (Wildman–Crippen MR) is 60.0 cm³/mol. The Morgan fingerprint density at radius 3 is 2.94 bits per heavy atom. The highest BCUT2D eigenvalue weighted by Crippen LogP contribution is 2.27. The molecule has 0 bridgehead atoms. The fraction of sp³-hybridized carbons (Fsp3) is 0. The Morgan fingerprint density at radius 2 is 2.18 bits per heavy atom.